The Morgan fingerprint density at radius 2 is 1.69 bits per heavy atom. The third-order valence-electron chi connectivity index (χ3n) is 4.05. The van der Waals surface area contributed by atoms with Gasteiger partial charge in [-0.1, -0.05) is 16.8 Å². The number of aromatic nitrogens is 2. The monoisotopic (exact) mass is 414 g/mol. The minimum atomic E-state index is -0.537. The van der Waals surface area contributed by atoms with E-state index in [4.69, 9.17) is 25.6 Å². The molecule has 0 aliphatic carbocycles. The molecule has 2 N–H and O–H groups in total. The summed E-state index contributed by atoms with van der Waals surface area (Å²) in [7, 11) is 0. The Labute approximate surface area is 170 Å². The minimum Gasteiger partial charge on any atom is -0.454 e. The number of halogens is 1. The summed E-state index contributed by atoms with van der Waals surface area (Å²) in [4.78, 5) is 28.2. The molecular formula is C19H15ClN4O5. The minimum absolute atomic E-state index is 0.160. The number of rotatable bonds is 6. The van der Waals surface area contributed by atoms with Crippen molar-refractivity contribution in [2.45, 2.75) is 0 Å². The summed E-state index contributed by atoms with van der Waals surface area (Å²) in [5.74, 6) is 0.487. The molecule has 2 amide bonds. The van der Waals surface area contributed by atoms with Crippen molar-refractivity contribution in [1.29, 1.82) is 0 Å². The van der Waals surface area contributed by atoms with Gasteiger partial charge in [0.15, 0.2) is 11.5 Å². The van der Waals surface area contributed by atoms with E-state index in [-0.39, 0.29) is 37.5 Å². The van der Waals surface area contributed by atoms with Crippen LogP contribution in [0.15, 0.2) is 47.0 Å². The number of fused-ring (bicyclic) bond motifs is 1. The van der Waals surface area contributed by atoms with Crippen molar-refractivity contribution >= 4 is 23.4 Å². The Morgan fingerprint density at radius 1 is 0.966 bits per heavy atom. The zero-order chi connectivity index (χ0) is 20.2. The van der Waals surface area contributed by atoms with Crippen molar-refractivity contribution < 1.29 is 23.6 Å². The predicted molar refractivity (Wildman–Crippen MR) is 102 cm³/mol. The third-order valence-corrected chi connectivity index (χ3v) is 4.31. The van der Waals surface area contributed by atoms with Gasteiger partial charge < -0.3 is 24.6 Å². The highest BCUT2D eigenvalue weighted by Crippen LogP contribution is 2.35. The fourth-order valence-corrected chi connectivity index (χ4v) is 2.73. The van der Waals surface area contributed by atoms with Gasteiger partial charge in [-0.05, 0) is 42.5 Å². The fourth-order valence-electron chi connectivity index (χ4n) is 2.60. The highest BCUT2D eigenvalue weighted by atomic mass is 35.5. The van der Waals surface area contributed by atoms with Crippen molar-refractivity contribution in [1.82, 2.24) is 20.8 Å². The Morgan fingerprint density at radius 3 is 2.48 bits per heavy atom. The summed E-state index contributed by atoms with van der Waals surface area (Å²) in [5.41, 5.74) is 1.11. The highest BCUT2D eigenvalue weighted by molar-refractivity contribution is 6.30. The molecule has 2 aromatic carbocycles. The van der Waals surface area contributed by atoms with Gasteiger partial charge in [0.25, 0.3) is 5.91 Å². The lowest BCUT2D eigenvalue weighted by Crippen LogP contribution is -2.34. The van der Waals surface area contributed by atoms with Crippen LogP contribution < -0.4 is 20.1 Å². The van der Waals surface area contributed by atoms with Crippen LogP contribution in [0.3, 0.4) is 0 Å². The maximum Gasteiger partial charge on any atom is 0.316 e. The summed E-state index contributed by atoms with van der Waals surface area (Å²) >= 11 is 5.79. The van der Waals surface area contributed by atoms with Gasteiger partial charge in [0, 0.05) is 29.2 Å². The fraction of sp³-hybridized carbons (Fsp3) is 0.158. The van der Waals surface area contributed by atoms with Crippen molar-refractivity contribution in [2.24, 2.45) is 0 Å². The summed E-state index contributed by atoms with van der Waals surface area (Å²) < 4.78 is 15.6. The average Bonchev–Trinajstić information content (AvgIpc) is 3.40. The van der Waals surface area contributed by atoms with E-state index in [9.17, 15) is 9.59 Å². The molecule has 148 valence electrons. The number of nitrogens with one attached hydrogen (secondary N) is 2. The second kappa shape index (κ2) is 8.19. The Hall–Kier alpha value is -3.59. The molecule has 10 heteroatoms. The van der Waals surface area contributed by atoms with Crippen LogP contribution in [0.5, 0.6) is 11.5 Å². The smallest absolute Gasteiger partial charge is 0.316 e. The van der Waals surface area contributed by atoms with Crippen LogP contribution in [0, 0.1) is 0 Å². The zero-order valence-electron chi connectivity index (χ0n) is 15.0. The molecule has 0 bridgehead atoms. The van der Waals surface area contributed by atoms with Gasteiger partial charge >= 0.3 is 11.8 Å². The molecule has 2 heterocycles. The van der Waals surface area contributed by atoms with Gasteiger partial charge in [-0.15, -0.1) is 0 Å². The zero-order valence-corrected chi connectivity index (χ0v) is 15.7. The van der Waals surface area contributed by atoms with Gasteiger partial charge in [-0.3, -0.25) is 9.59 Å². The molecule has 1 aliphatic heterocycles. The largest absolute Gasteiger partial charge is 0.454 e. The van der Waals surface area contributed by atoms with Crippen LogP contribution in [0.4, 0.5) is 0 Å². The van der Waals surface area contributed by atoms with E-state index in [1.54, 1.807) is 42.5 Å². The molecule has 29 heavy (non-hydrogen) atoms. The van der Waals surface area contributed by atoms with Crippen LogP contribution in [-0.4, -0.2) is 41.8 Å². The van der Waals surface area contributed by atoms with E-state index >= 15 is 0 Å². The molecule has 0 spiro atoms. The molecule has 3 aromatic rings. The average molecular weight is 415 g/mol. The number of benzene rings is 2. The van der Waals surface area contributed by atoms with Gasteiger partial charge in [0.05, 0.1) is 0 Å². The van der Waals surface area contributed by atoms with Crippen LogP contribution in [-0.2, 0) is 0 Å². The molecule has 0 fully saturated rings. The van der Waals surface area contributed by atoms with E-state index in [0.29, 0.717) is 27.6 Å². The Balaban J connectivity index is 1.28. The first kappa shape index (κ1) is 18.8. The van der Waals surface area contributed by atoms with E-state index < -0.39 is 5.91 Å². The molecule has 0 saturated carbocycles. The van der Waals surface area contributed by atoms with E-state index in [1.807, 2.05) is 0 Å². The number of carbonyl (C=O) groups excluding carboxylic acids is 2. The van der Waals surface area contributed by atoms with Crippen molar-refractivity contribution in [3.8, 4) is 22.9 Å². The lowest BCUT2D eigenvalue weighted by molar-refractivity contribution is 0.0898. The maximum absolute atomic E-state index is 12.1. The summed E-state index contributed by atoms with van der Waals surface area (Å²) in [6.45, 7) is 0.587. The molecule has 0 atom stereocenters. The molecule has 4 rings (SSSR count). The van der Waals surface area contributed by atoms with Gasteiger partial charge in [-0.25, -0.2) is 0 Å². The number of carbonyl (C=O) groups is 2. The summed E-state index contributed by atoms with van der Waals surface area (Å²) in [6, 6.07) is 11.7. The number of ether oxygens (including phenoxy) is 2. The van der Waals surface area contributed by atoms with Crippen molar-refractivity contribution in [3.05, 3.63) is 58.9 Å². The molecule has 0 unspecified atom stereocenters. The van der Waals surface area contributed by atoms with Gasteiger partial charge in [-0.2, -0.15) is 4.98 Å². The topological polar surface area (TPSA) is 116 Å². The lowest BCUT2D eigenvalue weighted by Gasteiger charge is -2.05. The highest BCUT2D eigenvalue weighted by Gasteiger charge is 2.19. The standard InChI is InChI=1S/C19H15ClN4O5/c20-13-4-1-11(2-5-13)17(25)21-7-8-22-18(26)19-23-16(24-29-19)12-3-6-14-15(9-12)28-10-27-14/h1-6,9H,7-8,10H2,(H,21,25)(H,22,26). The number of hydrogen-bond acceptors (Lipinski definition) is 7. The number of amides is 2. The van der Waals surface area contributed by atoms with E-state index in [1.165, 1.54) is 0 Å². The molecule has 1 aliphatic rings. The van der Waals surface area contributed by atoms with E-state index in [2.05, 4.69) is 20.8 Å². The molecule has 0 radical (unpaired) electrons. The Kier molecular flexibility index (Phi) is 5.30. The van der Waals surface area contributed by atoms with E-state index in [0.717, 1.165) is 0 Å². The van der Waals surface area contributed by atoms with Crippen LogP contribution in [0.2, 0.25) is 5.02 Å². The number of nitrogens with zero attached hydrogens (tertiary/aromatic N) is 2. The van der Waals surface area contributed by atoms with Crippen molar-refractivity contribution in [2.75, 3.05) is 19.9 Å². The quantitative estimate of drug-likeness (QED) is 0.594. The second-order valence-corrected chi connectivity index (χ2v) is 6.45. The molecular weight excluding hydrogens is 400 g/mol. The molecule has 1 aromatic heterocycles. The maximum atomic E-state index is 12.1. The second-order valence-electron chi connectivity index (χ2n) is 6.01. The molecule has 9 nitrogen and oxygen atoms in total. The summed E-state index contributed by atoms with van der Waals surface area (Å²) in [6.07, 6.45) is 0. The van der Waals surface area contributed by atoms with Gasteiger partial charge in [0.2, 0.25) is 12.6 Å². The van der Waals surface area contributed by atoms with Crippen LogP contribution >= 0.6 is 11.6 Å². The SMILES string of the molecule is O=C(NCCNC(=O)c1nc(-c2ccc3c(c2)OCO3)no1)c1ccc(Cl)cc1. The lowest BCUT2D eigenvalue weighted by atomic mass is 10.2. The first-order valence-corrected chi connectivity index (χ1v) is 9.03. The summed E-state index contributed by atoms with van der Waals surface area (Å²) in [5, 5.41) is 9.66. The third kappa shape index (κ3) is 4.30. The first-order valence-electron chi connectivity index (χ1n) is 8.66. The first-order chi connectivity index (χ1) is 14.1. The van der Waals surface area contributed by atoms with Crippen LogP contribution in [0.25, 0.3) is 11.4 Å². The number of hydrogen-bond donors (Lipinski definition) is 2. The normalized spacial score (nSPS) is 11.9. The Bertz CT molecular complexity index is 1050. The van der Waals surface area contributed by atoms with Gasteiger partial charge in [0.1, 0.15) is 0 Å². The van der Waals surface area contributed by atoms with Crippen molar-refractivity contribution in [3.63, 3.8) is 0 Å². The molecule has 0 saturated heterocycles. The van der Waals surface area contributed by atoms with Crippen LogP contribution in [0.1, 0.15) is 21.0 Å². The predicted octanol–water partition coefficient (Wildman–Crippen LogP) is 2.28.